The highest BCUT2D eigenvalue weighted by Gasteiger charge is 1.89. The minimum atomic E-state index is -0.256. The molecule has 1 heteroatoms. The summed E-state index contributed by atoms with van der Waals surface area (Å²) in [5.41, 5.74) is 1.00. The Kier molecular flexibility index (Phi) is 10.2. The van der Waals surface area contributed by atoms with Gasteiger partial charge in [-0.1, -0.05) is 26.0 Å². The van der Waals surface area contributed by atoms with Crippen LogP contribution in [-0.4, -0.2) is 0 Å². The zero-order valence-electron chi connectivity index (χ0n) is 7.21. The Morgan fingerprint density at radius 1 is 1.20 bits per heavy atom. The first kappa shape index (κ1) is 12.1. The summed E-state index contributed by atoms with van der Waals surface area (Å²) in [4.78, 5) is 0. The maximum absolute atomic E-state index is 11.8. The third kappa shape index (κ3) is 15.7. The quantitative estimate of drug-likeness (QED) is 0.528. The molecule has 0 aromatic heterocycles. The van der Waals surface area contributed by atoms with Crippen LogP contribution in [0.25, 0.3) is 0 Å². The molecule has 0 radical (unpaired) electrons. The molecule has 0 aliphatic rings. The summed E-state index contributed by atoms with van der Waals surface area (Å²) < 4.78 is 11.8. The van der Waals surface area contributed by atoms with Gasteiger partial charge in [0, 0.05) is 6.42 Å². The minimum Gasteiger partial charge on any atom is -0.212 e. The lowest BCUT2D eigenvalue weighted by molar-refractivity contribution is 0.592. The van der Waals surface area contributed by atoms with Crippen molar-refractivity contribution in [1.82, 2.24) is 0 Å². The molecule has 0 aromatic rings. The Hall–Kier alpha value is -0.590. The van der Waals surface area contributed by atoms with Crippen molar-refractivity contribution < 1.29 is 4.39 Å². The molecule has 0 N–H and O–H groups in total. The fraction of sp³-hybridized carbons (Fsp3) is 0.556. The van der Waals surface area contributed by atoms with Gasteiger partial charge in [-0.25, -0.2) is 4.39 Å². The van der Waals surface area contributed by atoms with Crippen LogP contribution in [0.4, 0.5) is 4.39 Å². The summed E-state index contributed by atoms with van der Waals surface area (Å²) in [6, 6.07) is 0. The summed E-state index contributed by atoms with van der Waals surface area (Å²) in [6.45, 7) is 12.6. The van der Waals surface area contributed by atoms with Crippen LogP contribution in [0.5, 0.6) is 0 Å². The molecule has 0 unspecified atom stereocenters. The number of rotatable bonds is 3. The predicted octanol–water partition coefficient (Wildman–Crippen LogP) is 3.85. The van der Waals surface area contributed by atoms with Crippen molar-refractivity contribution in [2.24, 2.45) is 0 Å². The van der Waals surface area contributed by atoms with E-state index in [9.17, 15) is 4.39 Å². The molecule has 0 spiro atoms. The molecule has 0 aliphatic carbocycles. The van der Waals surface area contributed by atoms with Gasteiger partial charge in [-0.2, -0.15) is 0 Å². The van der Waals surface area contributed by atoms with Crippen molar-refractivity contribution in [2.75, 3.05) is 0 Å². The van der Waals surface area contributed by atoms with Crippen LogP contribution in [0.3, 0.4) is 0 Å². The van der Waals surface area contributed by atoms with E-state index in [1.807, 2.05) is 20.8 Å². The number of allylic oxidation sites excluding steroid dienone is 2. The van der Waals surface area contributed by atoms with Gasteiger partial charge in [0.05, 0.1) is 5.83 Å². The lowest BCUT2D eigenvalue weighted by Gasteiger charge is -1.92. The second-order valence-corrected chi connectivity index (χ2v) is 1.97. The van der Waals surface area contributed by atoms with E-state index in [2.05, 4.69) is 13.2 Å². The van der Waals surface area contributed by atoms with Crippen LogP contribution in [0.1, 0.15) is 33.6 Å². The van der Waals surface area contributed by atoms with Crippen LogP contribution < -0.4 is 0 Å². The van der Waals surface area contributed by atoms with Gasteiger partial charge in [0.25, 0.3) is 0 Å². The topological polar surface area (TPSA) is 0 Å². The zero-order chi connectivity index (χ0) is 8.57. The first-order valence-electron chi connectivity index (χ1n) is 3.60. The second kappa shape index (κ2) is 8.41. The summed E-state index contributed by atoms with van der Waals surface area (Å²) in [6.07, 6.45) is 1.14. The maximum Gasteiger partial charge on any atom is 0.0931 e. The van der Waals surface area contributed by atoms with Crippen LogP contribution in [-0.2, 0) is 0 Å². The Balaban J connectivity index is 0. The van der Waals surface area contributed by atoms with Gasteiger partial charge in [0.15, 0.2) is 0 Å². The monoisotopic (exact) mass is 144 g/mol. The highest BCUT2D eigenvalue weighted by atomic mass is 19.1. The molecule has 0 amide bonds. The van der Waals surface area contributed by atoms with Crippen LogP contribution in [0.2, 0.25) is 0 Å². The highest BCUT2D eigenvalue weighted by Crippen LogP contribution is 2.07. The van der Waals surface area contributed by atoms with Gasteiger partial charge in [0.1, 0.15) is 0 Å². The molecular formula is C9H17F. The lowest BCUT2D eigenvalue weighted by atomic mass is 10.2. The molecule has 0 aromatic carbocycles. The fourth-order valence-corrected chi connectivity index (χ4v) is 0.349. The van der Waals surface area contributed by atoms with Crippen molar-refractivity contribution in [3.05, 3.63) is 24.6 Å². The SMILES string of the molecule is C=C(C)CCC(=C)F.CC. The summed E-state index contributed by atoms with van der Waals surface area (Å²) in [5.74, 6) is -0.256. The average Bonchev–Trinajstić information content (AvgIpc) is 1.89. The van der Waals surface area contributed by atoms with Gasteiger partial charge in [-0.3, -0.25) is 0 Å². The van der Waals surface area contributed by atoms with E-state index in [1.54, 1.807) is 0 Å². The Morgan fingerprint density at radius 2 is 1.60 bits per heavy atom. The van der Waals surface area contributed by atoms with Crippen LogP contribution in [0.15, 0.2) is 24.6 Å². The Bertz CT molecular complexity index is 89.3. The van der Waals surface area contributed by atoms with E-state index in [1.165, 1.54) is 0 Å². The molecule has 0 atom stereocenters. The van der Waals surface area contributed by atoms with Gasteiger partial charge in [-0.15, -0.1) is 6.58 Å². The normalized spacial score (nSPS) is 7.60. The molecule has 0 saturated heterocycles. The van der Waals surface area contributed by atoms with Gasteiger partial charge >= 0.3 is 0 Å². The molecule has 0 saturated carbocycles. The van der Waals surface area contributed by atoms with Crippen molar-refractivity contribution in [3.8, 4) is 0 Å². The molecule has 0 fully saturated rings. The van der Waals surface area contributed by atoms with Crippen LogP contribution >= 0.6 is 0 Å². The smallest absolute Gasteiger partial charge is 0.0931 e. The van der Waals surface area contributed by atoms with Crippen LogP contribution in [0, 0.1) is 0 Å². The predicted molar refractivity (Wildman–Crippen MR) is 45.6 cm³/mol. The summed E-state index contributed by atoms with van der Waals surface area (Å²) in [5, 5.41) is 0. The fourth-order valence-electron chi connectivity index (χ4n) is 0.349. The van der Waals surface area contributed by atoms with E-state index in [0.29, 0.717) is 6.42 Å². The third-order valence-corrected chi connectivity index (χ3v) is 0.823. The largest absolute Gasteiger partial charge is 0.212 e. The van der Waals surface area contributed by atoms with E-state index in [0.717, 1.165) is 12.0 Å². The number of hydrogen-bond acceptors (Lipinski definition) is 0. The first-order valence-corrected chi connectivity index (χ1v) is 3.60. The van der Waals surface area contributed by atoms with Gasteiger partial charge in [-0.05, 0) is 13.3 Å². The molecule has 0 nitrogen and oxygen atoms in total. The molecule has 60 valence electrons. The third-order valence-electron chi connectivity index (χ3n) is 0.823. The molecule has 10 heavy (non-hydrogen) atoms. The molecule has 0 rings (SSSR count). The number of halogens is 1. The minimum absolute atomic E-state index is 0.256. The maximum atomic E-state index is 11.8. The van der Waals surface area contributed by atoms with Gasteiger partial charge in [0.2, 0.25) is 0 Å². The zero-order valence-corrected chi connectivity index (χ0v) is 7.21. The van der Waals surface area contributed by atoms with Crippen molar-refractivity contribution in [1.29, 1.82) is 0 Å². The lowest BCUT2D eigenvalue weighted by Crippen LogP contribution is -1.74. The molecule has 0 aliphatic heterocycles. The average molecular weight is 144 g/mol. The van der Waals surface area contributed by atoms with Crippen molar-refractivity contribution >= 4 is 0 Å². The van der Waals surface area contributed by atoms with Gasteiger partial charge < -0.3 is 0 Å². The van der Waals surface area contributed by atoms with Crippen molar-refractivity contribution in [3.63, 3.8) is 0 Å². The van der Waals surface area contributed by atoms with E-state index >= 15 is 0 Å². The Labute approximate surface area is 63.5 Å². The first-order chi connectivity index (χ1) is 4.63. The summed E-state index contributed by atoms with van der Waals surface area (Å²) in [7, 11) is 0. The second-order valence-electron chi connectivity index (χ2n) is 1.97. The van der Waals surface area contributed by atoms with Crippen molar-refractivity contribution in [2.45, 2.75) is 33.6 Å². The molecule has 0 heterocycles. The summed E-state index contributed by atoms with van der Waals surface area (Å²) >= 11 is 0. The molecule has 0 bridgehead atoms. The number of hydrogen-bond donors (Lipinski definition) is 0. The highest BCUT2D eigenvalue weighted by molar-refractivity contribution is 4.93. The van der Waals surface area contributed by atoms with E-state index in [-0.39, 0.29) is 5.83 Å². The molecular weight excluding hydrogens is 127 g/mol. The van der Waals surface area contributed by atoms with E-state index in [4.69, 9.17) is 0 Å². The Morgan fingerprint density at radius 3 is 1.70 bits per heavy atom. The standard InChI is InChI=1S/C7H11F.C2H6/c1-6(2)4-5-7(3)8;1-2/h1,3-5H2,2H3;1-2H3. The van der Waals surface area contributed by atoms with E-state index < -0.39 is 0 Å².